The Morgan fingerprint density at radius 2 is 0.688 bits per heavy atom. The molecule has 0 aromatic rings. The monoisotopic (exact) mass is 1520 g/mol. The van der Waals surface area contributed by atoms with Crippen molar-refractivity contribution in [1.82, 2.24) is 0 Å². The van der Waals surface area contributed by atoms with Gasteiger partial charge >= 0.3 is 35.8 Å². The van der Waals surface area contributed by atoms with Gasteiger partial charge in [0, 0.05) is 0 Å². The molecule has 22 aliphatic carbocycles. The predicted octanol–water partition coefficient (Wildman–Crippen LogP) is 20.2. The van der Waals surface area contributed by atoms with E-state index in [1.807, 2.05) is 41.5 Å². The predicted molar refractivity (Wildman–Crippen MR) is 423 cm³/mol. The van der Waals surface area contributed by atoms with Crippen LogP contribution in [0.5, 0.6) is 0 Å². The summed E-state index contributed by atoms with van der Waals surface area (Å²) in [5, 5.41) is 0. The van der Waals surface area contributed by atoms with E-state index < -0.39 is 5.41 Å². The van der Waals surface area contributed by atoms with Crippen molar-refractivity contribution >= 4 is 35.8 Å². The van der Waals surface area contributed by atoms with Gasteiger partial charge in [-0.15, -0.1) is 0 Å². The fourth-order valence-electron chi connectivity index (χ4n) is 32.0. The first-order valence-electron chi connectivity index (χ1n) is 43.6. The van der Waals surface area contributed by atoms with Crippen LogP contribution < -0.4 is 0 Å². The Balaban J connectivity index is 0.000000149. The van der Waals surface area contributed by atoms with E-state index in [0.29, 0.717) is 106 Å². The van der Waals surface area contributed by atoms with Crippen LogP contribution in [0.3, 0.4) is 0 Å². The molecule has 0 spiro atoms. The van der Waals surface area contributed by atoms with E-state index >= 15 is 0 Å². The number of hydrogen-bond acceptors (Lipinski definition) is 15. The van der Waals surface area contributed by atoms with Crippen LogP contribution in [-0.4, -0.2) is 94.3 Å². The second kappa shape index (κ2) is 33.4. The van der Waals surface area contributed by atoms with Gasteiger partial charge in [0.1, 0.15) is 18.3 Å². The Kier molecular flexibility index (Phi) is 26.0. The van der Waals surface area contributed by atoms with Crippen molar-refractivity contribution in [2.45, 2.75) is 310 Å². The molecule has 22 fully saturated rings. The van der Waals surface area contributed by atoms with Gasteiger partial charge in [-0.2, -0.15) is 0 Å². The molecule has 0 aromatic carbocycles. The van der Waals surface area contributed by atoms with Crippen molar-refractivity contribution in [3.63, 3.8) is 0 Å². The van der Waals surface area contributed by atoms with Crippen molar-refractivity contribution in [2.24, 2.45) is 206 Å². The van der Waals surface area contributed by atoms with E-state index in [2.05, 4.69) is 6.92 Å². The van der Waals surface area contributed by atoms with Crippen LogP contribution in [0.15, 0.2) is 0 Å². The van der Waals surface area contributed by atoms with Crippen molar-refractivity contribution < 1.29 is 71.4 Å². The normalized spacial score (nSPS) is 46.9. The van der Waals surface area contributed by atoms with E-state index in [-0.39, 0.29) is 149 Å². The molecule has 15 heteroatoms. The minimum absolute atomic E-state index is 0. The Morgan fingerprint density at radius 3 is 1.01 bits per heavy atom. The fraction of sp³-hybridized carbons (Fsp3) is 0.936. The zero-order valence-corrected chi connectivity index (χ0v) is 64.0. The number of carbonyl (C=O) groups is 6. The third-order valence-corrected chi connectivity index (χ3v) is 35.7. The molecule has 620 valence electrons. The Bertz CT molecular complexity index is 3110. The number of fused-ring (bicyclic) bond motifs is 29. The average molecular weight is 1520 g/mol. The Hall–Kier alpha value is -3.30. The van der Waals surface area contributed by atoms with Gasteiger partial charge in [0.2, 0.25) is 0 Å². The molecule has 15 nitrogen and oxygen atoms in total. The van der Waals surface area contributed by atoms with Crippen molar-refractivity contribution in [1.29, 1.82) is 0 Å². The Labute approximate surface area is 660 Å². The summed E-state index contributed by atoms with van der Waals surface area (Å²) in [6, 6.07) is 0. The van der Waals surface area contributed by atoms with Gasteiger partial charge < -0.3 is 42.6 Å². The van der Waals surface area contributed by atoms with E-state index in [4.69, 9.17) is 42.6 Å². The highest BCUT2D eigenvalue weighted by Gasteiger charge is 2.70. The first-order valence-corrected chi connectivity index (χ1v) is 43.6. The van der Waals surface area contributed by atoms with Gasteiger partial charge in [-0.25, -0.2) is 0 Å². The molecule has 29 atom stereocenters. The lowest BCUT2D eigenvalue weighted by molar-refractivity contribution is -0.175. The summed E-state index contributed by atoms with van der Waals surface area (Å²) in [5.41, 5.74) is 0.312. The standard InChI is InChI=1S/C31H46O5.C30H44O5.C27H40O5.6CH4/c1-4-30(2,3)29(33)36-25-11-21-10-24(25)27-22-8-20(26(21)27)9-23(22)28(32)35-16-34-15-31-12-17-5-18(13-31)7-19(6-17)14-31;1-3-16(2)28(31)35-25-10-21-9-24(25)27-22-7-20(26(21)27)8-23(22)29(32)34-15-33-14-30-11-17-4-18(12-30)6-19(5-17)13-30;1-3-14(2)26(28)32-23-11-18-10-22(23)25-20-8-17(24(18)25)9-21(20)27(29)31-13-30-12-19-7-15-4-5-16(19)6-15;;;;;;/h17-27H,4-16H2,1-3H3;16-27H,3-15H2,1-2H3;14-25H,3-13H2,1-2H3;6*1H4. The second-order valence-corrected chi connectivity index (χ2v) is 41.5. The molecule has 0 aliphatic heterocycles. The van der Waals surface area contributed by atoms with Gasteiger partial charge in [-0.3, -0.25) is 28.8 Å². The molecule has 22 rings (SSSR count). The minimum atomic E-state index is -0.418. The van der Waals surface area contributed by atoms with Gasteiger partial charge in [-0.1, -0.05) is 85.6 Å². The number of ether oxygens (including phenoxy) is 9. The summed E-state index contributed by atoms with van der Waals surface area (Å²) in [5.74, 6) is 18.3. The van der Waals surface area contributed by atoms with Crippen molar-refractivity contribution in [3.05, 3.63) is 0 Å². The molecular weight excluding hydrogens is 1370 g/mol. The largest absolute Gasteiger partial charge is 0.462 e. The van der Waals surface area contributed by atoms with Crippen LogP contribution in [0.25, 0.3) is 0 Å². The summed E-state index contributed by atoms with van der Waals surface area (Å²) in [4.78, 5) is 77.0. The third-order valence-electron chi connectivity index (χ3n) is 35.7. The molecule has 0 amide bonds. The molecule has 22 bridgehead atoms. The molecule has 0 N–H and O–H groups in total. The van der Waals surface area contributed by atoms with Gasteiger partial charge in [0.05, 0.1) is 54.8 Å². The van der Waals surface area contributed by atoms with Gasteiger partial charge in [0.15, 0.2) is 20.4 Å². The highest BCUT2D eigenvalue weighted by molar-refractivity contribution is 5.77. The lowest BCUT2D eigenvalue weighted by atomic mass is 9.50. The summed E-state index contributed by atoms with van der Waals surface area (Å²) >= 11 is 0. The van der Waals surface area contributed by atoms with E-state index in [1.165, 1.54) is 135 Å². The number of rotatable bonds is 24. The first kappa shape index (κ1) is 85.1. The molecule has 0 radical (unpaired) electrons. The zero-order chi connectivity index (χ0) is 70.7. The molecule has 0 aromatic heterocycles. The van der Waals surface area contributed by atoms with Gasteiger partial charge in [-0.05, 0) is 377 Å². The van der Waals surface area contributed by atoms with E-state index in [1.54, 1.807) is 0 Å². The van der Waals surface area contributed by atoms with Crippen LogP contribution in [0.4, 0.5) is 0 Å². The molecule has 29 unspecified atom stereocenters. The number of carbonyl (C=O) groups excluding carboxylic acids is 6. The lowest BCUT2D eigenvalue weighted by Crippen LogP contribution is -2.48. The SMILES string of the molecule is C.C.C.C.C.C.CCC(C)(C)C(=O)OC1CC2CC1C1C3CC(CC3C(=O)OCOCC34CC5CC(CC(C5)C3)C4)C21.CCC(C)C(=O)OC1CC2CC1C1C3CC(CC3C(=O)OCOCC34CC5CC(CC(C5)C3)C4)C21.CCC(C)C(=O)OC1CC2CC1C1C3CC(CC3C(=O)OCOCC3CC4CCC3C4)C21. The Morgan fingerprint density at radius 1 is 0.358 bits per heavy atom. The molecule has 22 saturated carbocycles. The van der Waals surface area contributed by atoms with Crippen LogP contribution in [0, 0.1) is 206 Å². The van der Waals surface area contributed by atoms with Crippen molar-refractivity contribution in [3.8, 4) is 0 Å². The number of hydrogen-bond donors (Lipinski definition) is 0. The fourth-order valence-corrected chi connectivity index (χ4v) is 32.0. The van der Waals surface area contributed by atoms with E-state index in [9.17, 15) is 28.8 Å². The highest BCUT2D eigenvalue weighted by atomic mass is 16.7. The van der Waals surface area contributed by atoms with Crippen molar-refractivity contribution in [2.75, 3.05) is 40.2 Å². The van der Waals surface area contributed by atoms with Crippen LogP contribution >= 0.6 is 0 Å². The maximum atomic E-state index is 13.2. The van der Waals surface area contributed by atoms with E-state index in [0.717, 1.165) is 149 Å². The quantitative estimate of drug-likeness (QED) is 0.0292. The van der Waals surface area contributed by atoms with Crippen LogP contribution in [0.1, 0.15) is 292 Å². The highest BCUT2D eigenvalue weighted by Crippen LogP contribution is 2.73. The first-order chi connectivity index (χ1) is 49.7. The summed E-state index contributed by atoms with van der Waals surface area (Å²) < 4.78 is 53.2. The molecule has 0 heterocycles. The zero-order valence-electron chi connectivity index (χ0n) is 64.0. The topological polar surface area (TPSA) is 185 Å². The second-order valence-electron chi connectivity index (χ2n) is 41.5. The molecular formula is C94H154O15. The van der Waals surface area contributed by atoms with Crippen LogP contribution in [0.2, 0.25) is 0 Å². The molecule has 22 aliphatic rings. The maximum absolute atomic E-state index is 13.2. The lowest BCUT2D eigenvalue weighted by Gasteiger charge is -2.56. The summed E-state index contributed by atoms with van der Waals surface area (Å²) in [6.07, 6.45) is 37.9. The maximum Gasteiger partial charge on any atom is 0.311 e. The number of esters is 6. The molecule has 0 saturated heterocycles. The smallest absolute Gasteiger partial charge is 0.311 e. The van der Waals surface area contributed by atoms with Crippen LogP contribution in [-0.2, 0) is 71.4 Å². The minimum Gasteiger partial charge on any atom is -0.462 e. The summed E-state index contributed by atoms with van der Waals surface area (Å²) in [7, 11) is 0. The third kappa shape index (κ3) is 15.4. The summed E-state index contributed by atoms with van der Waals surface area (Å²) in [6.45, 7) is 16.7. The van der Waals surface area contributed by atoms with Gasteiger partial charge in [0.25, 0.3) is 0 Å². The average Bonchev–Trinajstić information content (AvgIpc) is 1.54. The molecule has 109 heavy (non-hydrogen) atoms.